The lowest BCUT2D eigenvalue weighted by Crippen LogP contribution is -2.42. The second-order valence-electron chi connectivity index (χ2n) is 6.58. The van der Waals surface area contributed by atoms with Gasteiger partial charge in [-0.1, -0.05) is 49.6 Å². The van der Waals surface area contributed by atoms with Crippen molar-refractivity contribution in [2.45, 2.75) is 44.2 Å². The molecular weight excluding hydrogens is 288 g/mol. The highest BCUT2D eigenvalue weighted by atomic mass is 16.2. The third-order valence-corrected chi connectivity index (χ3v) is 5.12. The van der Waals surface area contributed by atoms with Crippen LogP contribution in [-0.2, 0) is 4.79 Å². The lowest BCUT2D eigenvalue weighted by Gasteiger charge is -2.31. The fraction of sp³-hybridized carbons (Fsp3) is 0.444. The number of guanidine groups is 1. The molecule has 2 heterocycles. The molecule has 2 aliphatic heterocycles. The molecule has 1 aromatic rings. The van der Waals surface area contributed by atoms with Crippen molar-refractivity contribution in [3.63, 3.8) is 0 Å². The van der Waals surface area contributed by atoms with E-state index in [1.807, 2.05) is 35.2 Å². The van der Waals surface area contributed by atoms with Gasteiger partial charge in [0.15, 0.2) is 5.96 Å². The minimum absolute atomic E-state index is 0.0886. The number of aliphatic imine (C=N–C) groups is 1. The Bertz CT molecular complexity index is 674. The van der Waals surface area contributed by atoms with Crippen LogP contribution in [0.15, 0.2) is 46.6 Å². The maximum absolute atomic E-state index is 12.9. The van der Waals surface area contributed by atoms with Crippen molar-refractivity contribution in [2.24, 2.45) is 10.7 Å². The van der Waals surface area contributed by atoms with E-state index in [2.05, 4.69) is 10.3 Å². The first-order chi connectivity index (χ1) is 11.2. The molecule has 1 aliphatic carbocycles. The summed E-state index contributed by atoms with van der Waals surface area (Å²) >= 11 is 0. The van der Waals surface area contributed by atoms with Crippen LogP contribution in [0.4, 0.5) is 0 Å². The summed E-state index contributed by atoms with van der Waals surface area (Å²) in [5, 5.41) is 3.01. The molecule has 5 nitrogen and oxygen atoms in total. The molecule has 1 atom stereocenters. The molecule has 1 saturated carbocycles. The highest BCUT2D eigenvalue weighted by Crippen LogP contribution is 2.37. The maximum atomic E-state index is 12.9. The van der Waals surface area contributed by atoms with E-state index in [0.717, 1.165) is 24.0 Å². The third kappa shape index (κ3) is 2.50. The van der Waals surface area contributed by atoms with E-state index in [-0.39, 0.29) is 11.9 Å². The molecule has 0 saturated heterocycles. The summed E-state index contributed by atoms with van der Waals surface area (Å²) in [6, 6.07) is 10.3. The lowest BCUT2D eigenvalue weighted by molar-refractivity contribution is -0.128. The van der Waals surface area contributed by atoms with Crippen LogP contribution in [0.2, 0.25) is 0 Å². The number of carbonyl (C=O) groups excluding carboxylic acids is 1. The van der Waals surface area contributed by atoms with Gasteiger partial charge in [0, 0.05) is 18.2 Å². The Balaban J connectivity index is 1.64. The molecule has 0 spiro atoms. The molecule has 5 heteroatoms. The molecule has 1 fully saturated rings. The summed E-state index contributed by atoms with van der Waals surface area (Å²) in [4.78, 5) is 19.4. The quantitative estimate of drug-likeness (QED) is 0.878. The Hall–Kier alpha value is -2.30. The van der Waals surface area contributed by atoms with Crippen LogP contribution >= 0.6 is 0 Å². The van der Waals surface area contributed by atoms with Crippen molar-refractivity contribution in [1.82, 2.24) is 10.2 Å². The Morgan fingerprint density at radius 2 is 1.87 bits per heavy atom. The number of nitrogens with one attached hydrogen (secondary N) is 1. The molecule has 4 rings (SSSR count). The minimum Gasteiger partial charge on any atom is -0.370 e. The Morgan fingerprint density at radius 3 is 2.61 bits per heavy atom. The average Bonchev–Trinajstić information content (AvgIpc) is 2.93. The monoisotopic (exact) mass is 310 g/mol. The number of rotatable bonds is 2. The molecular formula is C18H22N4O. The highest BCUT2D eigenvalue weighted by molar-refractivity contribution is 6.02. The van der Waals surface area contributed by atoms with Crippen LogP contribution < -0.4 is 11.1 Å². The topological polar surface area (TPSA) is 70.7 Å². The Morgan fingerprint density at radius 1 is 1.13 bits per heavy atom. The summed E-state index contributed by atoms with van der Waals surface area (Å²) in [7, 11) is 0. The van der Waals surface area contributed by atoms with Crippen molar-refractivity contribution in [3.05, 3.63) is 47.2 Å². The van der Waals surface area contributed by atoms with Crippen LogP contribution in [0.3, 0.4) is 0 Å². The van der Waals surface area contributed by atoms with Crippen LogP contribution in [0.1, 0.15) is 43.7 Å². The molecule has 1 amide bonds. The zero-order valence-corrected chi connectivity index (χ0v) is 13.2. The standard InChI is InChI=1S/C18H22N4O/c19-18-20-15(12-7-3-1-4-8-12)14-11-22(17(23)16(14)21-18)13-9-5-2-6-10-13/h1,3-4,7-8,13,15H,2,5-6,9-11H2,(H3,19,20,21)/t15-/m0/s1. The number of hydrogen-bond donors (Lipinski definition) is 2. The van der Waals surface area contributed by atoms with Gasteiger partial charge in [0.25, 0.3) is 5.91 Å². The summed E-state index contributed by atoms with van der Waals surface area (Å²) in [5.74, 6) is 0.419. The zero-order valence-electron chi connectivity index (χ0n) is 13.2. The van der Waals surface area contributed by atoms with Gasteiger partial charge in [-0.2, -0.15) is 0 Å². The van der Waals surface area contributed by atoms with Gasteiger partial charge in [0.1, 0.15) is 11.7 Å². The van der Waals surface area contributed by atoms with Gasteiger partial charge in [0.2, 0.25) is 0 Å². The fourth-order valence-corrected chi connectivity index (χ4v) is 3.95. The van der Waals surface area contributed by atoms with Gasteiger partial charge < -0.3 is 16.0 Å². The predicted molar refractivity (Wildman–Crippen MR) is 89.6 cm³/mol. The smallest absolute Gasteiger partial charge is 0.271 e. The van der Waals surface area contributed by atoms with E-state index < -0.39 is 0 Å². The average molecular weight is 310 g/mol. The van der Waals surface area contributed by atoms with E-state index in [4.69, 9.17) is 5.73 Å². The van der Waals surface area contributed by atoms with Gasteiger partial charge >= 0.3 is 0 Å². The zero-order chi connectivity index (χ0) is 15.8. The second-order valence-corrected chi connectivity index (χ2v) is 6.58. The summed E-state index contributed by atoms with van der Waals surface area (Å²) in [5.41, 5.74) is 8.73. The molecule has 1 aromatic carbocycles. The number of carbonyl (C=O) groups is 1. The van der Waals surface area contributed by atoms with Gasteiger partial charge in [-0.3, -0.25) is 4.79 Å². The van der Waals surface area contributed by atoms with Crippen LogP contribution in [0.5, 0.6) is 0 Å². The molecule has 0 bridgehead atoms. The Labute approximate surface area is 136 Å². The van der Waals surface area contributed by atoms with Crippen LogP contribution in [0.25, 0.3) is 0 Å². The molecule has 3 N–H and O–H groups in total. The van der Waals surface area contributed by atoms with Gasteiger partial charge in [-0.25, -0.2) is 4.99 Å². The van der Waals surface area contributed by atoms with Crippen molar-refractivity contribution in [3.8, 4) is 0 Å². The molecule has 0 radical (unpaired) electrons. The SMILES string of the molecule is NC1=N[C@@H](c2ccccc2)C2=C(N1)C(=O)N(C1CCCCC1)C2. The number of nitrogens with two attached hydrogens (primary N) is 1. The fourth-order valence-electron chi connectivity index (χ4n) is 3.95. The normalized spacial score (nSPS) is 25.2. The molecule has 0 unspecified atom stereocenters. The molecule has 0 aromatic heterocycles. The van der Waals surface area contributed by atoms with Crippen molar-refractivity contribution in [2.75, 3.05) is 6.54 Å². The van der Waals surface area contributed by atoms with Gasteiger partial charge in [-0.15, -0.1) is 0 Å². The van der Waals surface area contributed by atoms with Crippen molar-refractivity contribution < 1.29 is 4.79 Å². The number of benzene rings is 1. The number of amides is 1. The first-order valence-electron chi connectivity index (χ1n) is 8.43. The minimum atomic E-state index is -0.148. The summed E-state index contributed by atoms with van der Waals surface area (Å²) in [6.07, 6.45) is 5.94. The second kappa shape index (κ2) is 5.72. The van der Waals surface area contributed by atoms with E-state index in [9.17, 15) is 4.79 Å². The largest absolute Gasteiger partial charge is 0.370 e. The van der Waals surface area contributed by atoms with Crippen LogP contribution in [-0.4, -0.2) is 29.4 Å². The molecule has 23 heavy (non-hydrogen) atoms. The lowest BCUT2D eigenvalue weighted by atomic mass is 9.94. The van der Waals surface area contributed by atoms with E-state index in [1.54, 1.807) is 0 Å². The molecule has 120 valence electrons. The maximum Gasteiger partial charge on any atom is 0.271 e. The van der Waals surface area contributed by atoms with E-state index >= 15 is 0 Å². The Kier molecular flexibility index (Phi) is 3.56. The first kappa shape index (κ1) is 14.3. The highest BCUT2D eigenvalue weighted by Gasteiger charge is 2.40. The summed E-state index contributed by atoms with van der Waals surface area (Å²) < 4.78 is 0. The van der Waals surface area contributed by atoms with Crippen LogP contribution in [0, 0.1) is 0 Å². The third-order valence-electron chi connectivity index (χ3n) is 5.12. The first-order valence-corrected chi connectivity index (χ1v) is 8.43. The molecule has 3 aliphatic rings. The number of hydrogen-bond acceptors (Lipinski definition) is 4. The van der Waals surface area contributed by atoms with Crippen molar-refractivity contribution >= 4 is 11.9 Å². The van der Waals surface area contributed by atoms with Gasteiger partial charge in [0.05, 0.1) is 0 Å². The number of nitrogens with zero attached hydrogens (tertiary/aromatic N) is 2. The van der Waals surface area contributed by atoms with Gasteiger partial charge in [-0.05, 0) is 18.4 Å². The predicted octanol–water partition coefficient (Wildman–Crippen LogP) is 2.07. The van der Waals surface area contributed by atoms with Crippen molar-refractivity contribution in [1.29, 1.82) is 0 Å². The van der Waals surface area contributed by atoms with E-state index in [1.165, 1.54) is 19.3 Å². The summed E-state index contributed by atoms with van der Waals surface area (Å²) in [6.45, 7) is 0.669. The van der Waals surface area contributed by atoms with E-state index in [0.29, 0.717) is 24.2 Å².